The summed E-state index contributed by atoms with van der Waals surface area (Å²) in [5.41, 5.74) is 3.00. The Morgan fingerprint density at radius 1 is 1.09 bits per heavy atom. The third-order valence-electron chi connectivity index (χ3n) is 5.05. The molecule has 0 atom stereocenters. The number of benzene rings is 2. The number of methoxy groups -OCH3 is 1. The largest absolute Gasteiger partial charge is 0.465 e. The van der Waals surface area contributed by atoms with Crippen molar-refractivity contribution in [2.75, 3.05) is 12.4 Å². The van der Waals surface area contributed by atoms with Crippen LogP contribution in [0.15, 0.2) is 57.5 Å². The molecular weight excluding hydrogens is 528 g/mol. The van der Waals surface area contributed by atoms with Crippen LogP contribution in [-0.2, 0) is 4.74 Å². The van der Waals surface area contributed by atoms with Crippen molar-refractivity contribution in [2.45, 2.75) is 13.8 Å². The third-order valence-corrected chi connectivity index (χ3v) is 6.93. The molecule has 1 N–H and O–H groups in total. The van der Waals surface area contributed by atoms with Gasteiger partial charge in [-0.3, -0.25) is 4.79 Å². The number of carbonyl (C=O) groups excluding carboxylic acids is 2. The van der Waals surface area contributed by atoms with Gasteiger partial charge in [0.05, 0.1) is 12.1 Å². The van der Waals surface area contributed by atoms with E-state index in [1.807, 2.05) is 31.2 Å². The standard InChI is InChI=1S/C24H18BrClN2O4S/c1-12-18(21(28-32-12)16-6-4-5-7-17(16)26)22(29)27-23-20(24(30)31-3)19(13(2)33-23)14-8-10-15(25)11-9-14/h4-11H,1-3H3,(H,27,29). The van der Waals surface area contributed by atoms with Crippen LogP contribution in [-0.4, -0.2) is 24.1 Å². The summed E-state index contributed by atoms with van der Waals surface area (Å²) in [5, 5.41) is 7.74. The summed E-state index contributed by atoms with van der Waals surface area (Å²) in [7, 11) is 1.31. The van der Waals surface area contributed by atoms with Gasteiger partial charge >= 0.3 is 5.97 Å². The van der Waals surface area contributed by atoms with Gasteiger partial charge in [-0.2, -0.15) is 0 Å². The van der Waals surface area contributed by atoms with Crippen LogP contribution in [0.4, 0.5) is 5.00 Å². The van der Waals surface area contributed by atoms with E-state index < -0.39 is 11.9 Å². The molecule has 33 heavy (non-hydrogen) atoms. The predicted molar refractivity (Wildman–Crippen MR) is 133 cm³/mol. The third kappa shape index (κ3) is 4.46. The zero-order chi connectivity index (χ0) is 23.7. The Labute approximate surface area is 207 Å². The molecule has 0 saturated carbocycles. The van der Waals surface area contributed by atoms with Crippen molar-refractivity contribution >= 4 is 55.7 Å². The monoisotopic (exact) mass is 544 g/mol. The number of aryl methyl sites for hydroxylation is 2. The average molecular weight is 546 g/mol. The molecule has 0 aliphatic carbocycles. The van der Waals surface area contributed by atoms with Crippen LogP contribution < -0.4 is 5.32 Å². The number of halogens is 2. The molecule has 168 valence electrons. The Kier molecular flexibility index (Phi) is 6.69. The lowest BCUT2D eigenvalue weighted by Crippen LogP contribution is -2.15. The van der Waals surface area contributed by atoms with E-state index in [9.17, 15) is 9.59 Å². The lowest BCUT2D eigenvalue weighted by Gasteiger charge is -2.09. The molecule has 4 aromatic rings. The molecule has 0 aliphatic rings. The molecule has 4 rings (SSSR count). The Bertz CT molecular complexity index is 1360. The fourth-order valence-corrected chi connectivity index (χ4v) is 5.08. The SMILES string of the molecule is COC(=O)c1c(NC(=O)c2c(-c3ccccc3Cl)noc2C)sc(C)c1-c1ccc(Br)cc1. The normalized spacial score (nSPS) is 10.8. The van der Waals surface area contributed by atoms with Crippen molar-refractivity contribution < 1.29 is 18.8 Å². The van der Waals surface area contributed by atoms with Gasteiger partial charge in [0.1, 0.15) is 27.6 Å². The first-order valence-electron chi connectivity index (χ1n) is 9.82. The second kappa shape index (κ2) is 9.51. The summed E-state index contributed by atoms with van der Waals surface area (Å²) in [6.45, 7) is 3.54. The first kappa shape index (κ1) is 23.2. The van der Waals surface area contributed by atoms with Crippen LogP contribution >= 0.6 is 38.9 Å². The molecule has 2 aromatic carbocycles. The molecule has 0 saturated heterocycles. The number of thiophene rings is 1. The van der Waals surface area contributed by atoms with Gasteiger partial charge in [0.15, 0.2) is 0 Å². The maximum atomic E-state index is 13.4. The van der Waals surface area contributed by atoms with E-state index in [-0.39, 0.29) is 5.56 Å². The van der Waals surface area contributed by atoms with Crippen LogP contribution in [0.25, 0.3) is 22.4 Å². The number of nitrogens with one attached hydrogen (secondary N) is 1. The lowest BCUT2D eigenvalue weighted by molar-refractivity contribution is 0.0603. The van der Waals surface area contributed by atoms with Crippen LogP contribution in [0, 0.1) is 13.8 Å². The van der Waals surface area contributed by atoms with E-state index in [1.165, 1.54) is 18.4 Å². The highest BCUT2D eigenvalue weighted by Gasteiger charge is 2.28. The highest BCUT2D eigenvalue weighted by Crippen LogP contribution is 2.41. The summed E-state index contributed by atoms with van der Waals surface area (Å²) < 4.78 is 11.3. The fourth-order valence-electron chi connectivity index (χ4n) is 3.54. The van der Waals surface area contributed by atoms with Crippen LogP contribution in [0.2, 0.25) is 5.02 Å². The van der Waals surface area contributed by atoms with Gasteiger partial charge in [0.25, 0.3) is 5.91 Å². The smallest absolute Gasteiger partial charge is 0.341 e. The van der Waals surface area contributed by atoms with Crippen molar-refractivity contribution in [3.63, 3.8) is 0 Å². The number of hydrogen-bond donors (Lipinski definition) is 1. The van der Waals surface area contributed by atoms with Crippen LogP contribution in [0.5, 0.6) is 0 Å². The molecular formula is C24H18BrClN2O4S. The van der Waals surface area contributed by atoms with E-state index in [1.54, 1.807) is 31.2 Å². The second-order valence-corrected chi connectivity index (χ2v) is 9.68. The van der Waals surface area contributed by atoms with Crippen molar-refractivity contribution in [1.29, 1.82) is 0 Å². The Balaban J connectivity index is 1.78. The van der Waals surface area contributed by atoms with Gasteiger partial charge in [-0.15, -0.1) is 11.3 Å². The Hall–Kier alpha value is -2.94. The van der Waals surface area contributed by atoms with E-state index >= 15 is 0 Å². The number of anilines is 1. The number of rotatable bonds is 5. The zero-order valence-electron chi connectivity index (χ0n) is 17.9. The van der Waals surface area contributed by atoms with Gasteiger partial charge in [-0.05, 0) is 37.6 Å². The van der Waals surface area contributed by atoms with Crippen LogP contribution in [0.1, 0.15) is 31.4 Å². The molecule has 9 heteroatoms. The molecule has 0 spiro atoms. The van der Waals surface area contributed by atoms with Crippen molar-refractivity contribution in [2.24, 2.45) is 0 Å². The van der Waals surface area contributed by atoms with Gasteiger partial charge in [0.2, 0.25) is 0 Å². The number of nitrogens with zero attached hydrogens (tertiary/aromatic N) is 1. The van der Waals surface area contributed by atoms with Gasteiger partial charge in [-0.1, -0.05) is 63.0 Å². The highest BCUT2D eigenvalue weighted by molar-refractivity contribution is 9.10. The maximum Gasteiger partial charge on any atom is 0.341 e. The Morgan fingerprint density at radius 2 is 1.79 bits per heavy atom. The van der Waals surface area contributed by atoms with Crippen molar-refractivity contribution in [3.8, 4) is 22.4 Å². The molecule has 0 radical (unpaired) electrons. The molecule has 0 bridgehead atoms. The first-order valence-corrected chi connectivity index (χ1v) is 11.8. The summed E-state index contributed by atoms with van der Waals surface area (Å²) in [5.74, 6) is -0.665. The first-order chi connectivity index (χ1) is 15.8. The minimum absolute atomic E-state index is 0.246. The quantitative estimate of drug-likeness (QED) is 0.270. The number of esters is 1. The fraction of sp³-hybridized carbons (Fsp3) is 0.125. The number of hydrogen-bond acceptors (Lipinski definition) is 6. The van der Waals surface area contributed by atoms with Crippen molar-refractivity contribution in [1.82, 2.24) is 5.16 Å². The van der Waals surface area contributed by atoms with Gasteiger partial charge < -0.3 is 14.6 Å². The minimum atomic E-state index is -0.541. The van der Waals surface area contributed by atoms with Crippen LogP contribution in [0.3, 0.4) is 0 Å². The van der Waals surface area contributed by atoms with E-state index in [0.717, 1.165) is 14.9 Å². The molecule has 0 fully saturated rings. The number of ether oxygens (including phenoxy) is 1. The summed E-state index contributed by atoms with van der Waals surface area (Å²) >= 11 is 11.0. The number of aromatic nitrogens is 1. The molecule has 6 nitrogen and oxygen atoms in total. The average Bonchev–Trinajstić information content (AvgIpc) is 3.33. The summed E-state index contributed by atoms with van der Waals surface area (Å²) in [4.78, 5) is 27.0. The predicted octanol–water partition coefficient (Wildman–Crippen LogP) is 7.14. The highest BCUT2D eigenvalue weighted by atomic mass is 79.9. The topological polar surface area (TPSA) is 81.4 Å². The molecule has 0 aliphatic heterocycles. The van der Waals surface area contributed by atoms with E-state index in [0.29, 0.717) is 38.2 Å². The minimum Gasteiger partial charge on any atom is -0.465 e. The maximum absolute atomic E-state index is 13.4. The number of carbonyl (C=O) groups is 2. The van der Waals surface area contributed by atoms with Crippen molar-refractivity contribution in [3.05, 3.63) is 79.8 Å². The Morgan fingerprint density at radius 3 is 2.45 bits per heavy atom. The number of amides is 1. The molecule has 1 amide bonds. The molecule has 2 aromatic heterocycles. The second-order valence-electron chi connectivity index (χ2n) is 7.13. The van der Waals surface area contributed by atoms with Gasteiger partial charge in [-0.25, -0.2) is 4.79 Å². The molecule has 0 unspecified atom stereocenters. The van der Waals surface area contributed by atoms with Gasteiger partial charge in [0, 0.05) is 20.5 Å². The zero-order valence-corrected chi connectivity index (χ0v) is 21.0. The summed E-state index contributed by atoms with van der Waals surface area (Å²) in [6.07, 6.45) is 0. The van der Waals surface area contributed by atoms with E-state index in [4.69, 9.17) is 20.9 Å². The van der Waals surface area contributed by atoms with E-state index in [2.05, 4.69) is 26.4 Å². The molecule has 2 heterocycles. The lowest BCUT2D eigenvalue weighted by atomic mass is 10.0. The summed E-state index contributed by atoms with van der Waals surface area (Å²) in [6, 6.07) is 14.6.